The molecule has 8 heteroatoms. The van der Waals surface area contributed by atoms with Gasteiger partial charge in [0.2, 0.25) is 10.0 Å². The number of aryl methyl sites for hydroxylation is 1. The summed E-state index contributed by atoms with van der Waals surface area (Å²) in [6, 6.07) is 1.47. The number of rotatable bonds is 7. The molecule has 23 heavy (non-hydrogen) atoms. The second kappa shape index (κ2) is 7.11. The Morgan fingerprint density at radius 3 is 2.87 bits per heavy atom. The van der Waals surface area contributed by atoms with Gasteiger partial charge in [-0.05, 0) is 31.7 Å². The minimum Gasteiger partial charge on any atom is -0.379 e. The summed E-state index contributed by atoms with van der Waals surface area (Å²) >= 11 is 0. The Morgan fingerprint density at radius 1 is 1.30 bits per heavy atom. The highest BCUT2D eigenvalue weighted by Gasteiger charge is 2.31. The minimum absolute atomic E-state index is 0.131. The van der Waals surface area contributed by atoms with Gasteiger partial charge in [-0.2, -0.15) is 0 Å². The number of nitrogens with one attached hydrogen (secondary N) is 2. The lowest BCUT2D eigenvalue weighted by atomic mass is 10.1. The molecule has 2 heterocycles. The molecule has 2 fully saturated rings. The van der Waals surface area contributed by atoms with Gasteiger partial charge < -0.3 is 10.1 Å². The van der Waals surface area contributed by atoms with E-state index in [4.69, 9.17) is 4.74 Å². The molecule has 0 aromatic carbocycles. The molecule has 2 atom stereocenters. The van der Waals surface area contributed by atoms with E-state index in [2.05, 4.69) is 20.0 Å². The molecule has 1 saturated carbocycles. The van der Waals surface area contributed by atoms with Crippen molar-refractivity contribution in [1.29, 1.82) is 0 Å². The van der Waals surface area contributed by atoms with E-state index in [0.29, 0.717) is 37.2 Å². The first kappa shape index (κ1) is 16.6. The zero-order valence-electron chi connectivity index (χ0n) is 13.4. The van der Waals surface area contributed by atoms with Crippen molar-refractivity contribution in [3.05, 3.63) is 18.1 Å². The summed E-state index contributed by atoms with van der Waals surface area (Å²) in [5.41, 5.74) is 0. The first-order valence-corrected chi connectivity index (χ1v) is 9.81. The van der Waals surface area contributed by atoms with Gasteiger partial charge in [0, 0.05) is 18.8 Å². The van der Waals surface area contributed by atoms with E-state index in [-0.39, 0.29) is 17.8 Å². The molecule has 1 saturated heterocycles. The van der Waals surface area contributed by atoms with Gasteiger partial charge in [-0.25, -0.2) is 23.1 Å². The largest absolute Gasteiger partial charge is 0.379 e. The van der Waals surface area contributed by atoms with Crippen molar-refractivity contribution in [2.45, 2.75) is 44.7 Å². The van der Waals surface area contributed by atoms with E-state index in [1.807, 2.05) is 6.92 Å². The molecule has 1 aliphatic carbocycles. The molecule has 2 aliphatic rings. The number of hydrogen-bond acceptors (Lipinski definition) is 6. The zero-order valence-corrected chi connectivity index (χ0v) is 14.2. The highest BCUT2D eigenvalue weighted by atomic mass is 32.2. The van der Waals surface area contributed by atoms with Crippen molar-refractivity contribution in [1.82, 2.24) is 14.7 Å². The molecule has 3 rings (SSSR count). The molecular weight excluding hydrogens is 316 g/mol. The SMILES string of the molecule is Cc1nccc(N[C@@H]2COCC[C@@H]2NS(=O)(=O)CCC2CC2)n1. The van der Waals surface area contributed by atoms with Crippen molar-refractivity contribution >= 4 is 15.8 Å². The van der Waals surface area contributed by atoms with E-state index in [1.54, 1.807) is 12.3 Å². The topological polar surface area (TPSA) is 93.2 Å². The van der Waals surface area contributed by atoms with Crippen LogP contribution in [-0.2, 0) is 14.8 Å². The molecule has 0 spiro atoms. The molecule has 0 amide bonds. The molecule has 0 unspecified atom stereocenters. The lowest BCUT2D eigenvalue weighted by molar-refractivity contribution is 0.0731. The number of sulfonamides is 1. The predicted octanol–water partition coefficient (Wildman–Crippen LogP) is 1.07. The molecule has 1 aromatic rings. The Labute approximate surface area is 137 Å². The van der Waals surface area contributed by atoms with Crippen molar-refractivity contribution in [3.63, 3.8) is 0 Å². The van der Waals surface area contributed by atoms with Gasteiger partial charge in [0.1, 0.15) is 11.6 Å². The molecule has 1 aliphatic heterocycles. The standard InChI is InChI=1S/C15H24N4O3S/c1-11-16-7-4-15(17-11)18-14-10-22-8-5-13(14)19-23(20,21)9-6-12-2-3-12/h4,7,12-14,19H,2-3,5-6,8-10H2,1H3,(H,16,17,18)/t13-,14+/m0/s1. The van der Waals surface area contributed by atoms with Crippen LogP contribution in [0.3, 0.4) is 0 Å². The lowest BCUT2D eigenvalue weighted by Crippen LogP contribution is -2.52. The van der Waals surface area contributed by atoms with Gasteiger partial charge in [-0.15, -0.1) is 0 Å². The fraction of sp³-hybridized carbons (Fsp3) is 0.733. The van der Waals surface area contributed by atoms with Crippen LogP contribution in [0.4, 0.5) is 5.82 Å². The van der Waals surface area contributed by atoms with Crippen LogP contribution in [0.5, 0.6) is 0 Å². The number of nitrogens with zero attached hydrogens (tertiary/aromatic N) is 2. The summed E-state index contributed by atoms with van der Waals surface area (Å²) in [6.07, 6.45) is 5.45. The first-order valence-electron chi connectivity index (χ1n) is 8.16. The highest BCUT2D eigenvalue weighted by Crippen LogP contribution is 2.32. The third kappa shape index (κ3) is 5.12. The number of aromatic nitrogens is 2. The van der Waals surface area contributed by atoms with Crippen LogP contribution in [0.25, 0.3) is 0 Å². The van der Waals surface area contributed by atoms with E-state index in [9.17, 15) is 8.42 Å². The number of ether oxygens (including phenoxy) is 1. The fourth-order valence-electron chi connectivity index (χ4n) is 2.77. The van der Waals surface area contributed by atoms with Gasteiger partial charge in [0.05, 0.1) is 18.4 Å². The van der Waals surface area contributed by atoms with E-state index in [0.717, 1.165) is 6.42 Å². The third-order valence-electron chi connectivity index (χ3n) is 4.29. The summed E-state index contributed by atoms with van der Waals surface area (Å²) < 4.78 is 32.9. The van der Waals surface area contributed by atoms with Crippen LogP contribution in [0, 0.1) is 12.8 Å². The van der Waals surface area contributed by atoms with E-state index < -0.39 is 10.0 Å². The van der Waals surface area contributed by atoms with Crippen molar-refractivity contribution < 1.29 is 13.2 Å². The van der Waals surface area contributed by atoms with Crippen LogP contribution in [0.1, 0.15) is 31.5 Å². The predicted molar refractivity (Wildman–Crippen MR) is 87.7 cm³/mol. The summed E-state index contributed by atoms with van der Waals surface area (Å²) in [6.45, 7) is 2.84. The van der Waals surface area contributed by atoms with Gasteiger partial charge in [0.25, 0.3) is 0 Å². The van der Waals surface area contributed by atoms with E-state index in [1.165, 1.54) is 12.8 Å². The van der Waals surface area contributed by atoms with Gasteiger partial charge in [-0.3, -0.25) is 0 Å². The first-order chi connectivity index (χ1) is 11.0. The smallest absolute Gasteiger partial charge is 0.211 e. The molecule has 2 N–H and O–H groups in total. The zero-order chi connectivity index (χ0) is 16.3. The van der Waals surface area contributed by atoms with Crippen molar-refractivity contribution in [2.24, 2.45) is 5.92 Å². The minimum atomic E-state index is -3.25. The van der Waals surface area contributed by atoms with Crippen molar-refractivity contribution in [2.75, 3.05) is 24.3 Å². The number of anilines is 1. The Bertz CT molecular complexity index is 633. The van der Waals surface area contributed by atoms with Crippen LogP contribution >= 0.6 is 0 Å². The fourth-order valence-corrected chi connectivity index (χ4v) is 4.27. The second-order valence-corrected chi connectivity index (χ2v) is 8.25. The average molecular weight is 340 g/mol. The normalized spacial score (nSPS) is 25.3. The van der Waals surface area contributed by atoms with Crippen LogP contribution in [0.2, 0.25) is 0 Å². The lowest BCUT2D eigenvalue weighted by Gasteiger charge is -2.32. The maximum Gasteiger partial charge on any atom is 0.211 e. The summed E-state index contributed by atoms with van der Waals surface area (Å²) in [5.74, 6) is 2.19. The Balaban J connectivity index is 1.61. The molecule has 128 valence electrons. The monoisotopic (exact) mass is 340 g/mol. The van der Waals surface area contributed by atoms with Crippen LogP contribution in [0.15, 0.2) is 12.3 Å². The highest BCUT2D eigenvalue weighted by molar-refractivity contribution is 7.89. The number of hydrogen-bond donors (Lipinski definition) is 2. The molecular formula is C15H24N4O3S. The van der Waals surface area contributed by atoms with Crippen molar-refractivity contribution in [3.8, 4) is 0 Å². The molecule has 1 aromatic heterocycles. The van der Waals surface area contributed by atoms with Crippen LogP contribution < -0.4 is 10.0 Å². The Hall–Kier alpha value is -1.25. The van der Waals surface area contributed by atoms with E-state index >= 15 is 0 Å². The van der Waals surface area contributed by atoms with Gasteiger partial charge in [0.15, 0.2) is 0 Å². The third-order valence-corrected chi connectivity index (χ3v) is 5.72. The quantitative estimate of drug-likeness (QED) is 0.771. The summed E-state index contributed by atoms with van der Waals surface area (Å²) in [5, 5.41) is 3.27. The second-order valence-electron chi connectivity index (χ2n) is 6.38. The molecule has 0 bridgehead atoms. The molecule has 7 nitrogen and oxygen atoms in total. The van der Waals surface area contributed by atoms with Gasteiger partial charge >= 0.3 is 0 Å². The maximum atomic E-state index is 12.3. The van der Waals surface area contributed by atoms with Crippen LogP contribution in [-0.4, -0.2) is 49.4 Å². The summed E-state index contributed by atoms with van der Waals surface area (Å²) in [7, 11) is -3.25. The maximum absolute atomic E-state index is 12.3. The average Bonchev–Trinajstić information content (AvgIpc) is 3.32. The molecule has 0 radical (unpaired) electrons. The summed E-state index contributed by atoms with van der Waals surface area (Å²) in [4.78, 5) is 8.38. The Morgan fingerprint density at radius 2 is 2.13 bits per heavy atom. The van der Waals surface area contributed by atoms with Gasteiger partial charge in [-0.1, -0.05) is 12.8 Å². The Kier molecular flexibility index (Phi) is 5.13.